The molecule has 0 amide bonds. The third kappa shape index (κ3) is 6.09. The van der Waals surface area contributed by atoms with Crippen LogP contribution < -0.4 is 0 Å². The van der Waals surface area contributed by atoms with Crippen LogP contribution in [0.4, 0.5) is 0 Å². The Balaban J connectivity index is 0.00000124. The first kappa shape index (κ1) is 31.4. The van der Waals surface area contributed by atoms with Gasteiger partial charge in [-0.15, -0.1) is 0 Å². The molecule has 0 nitrogen and oxygen atoms in total. The summed E-state index contributed by atoms with van der Waals surface area (Å²) < 4.78 is 0. The normalized spacial score (nSPS) is 16.6. The van der Waals surface area contributed by atoms with Gasteiger partial charge < -0.3 is 0 Å². The van der Waals surface area contributed by atoms with Gasteiger partial charge in [0.15, 0.2) is 0 Å². The van der Waals surface area contributed by atoms with E-state index in [9.17, 15) is 0 Å². The lowest BCUT2D eigenvalue weighted by atomic mass is 9.65. The lowest BCUT2D eigenvalue weighted by Gasteiger charge is -2.37. The predicted octanol–water partition coefficient (Wildman–Crippen LogP) is 11.1. The van der Waals surface area contributed by atoms with Gasteiger partial charge in [-0.05, 0) is 59.6 Å². The van der Waals surface area contributed by atoms with Crippen LogP contribution in [0.5, 0.6) is 0 Å². The van der Waals surface area contributed by atoms with Crippen LogP contribution in [0.1, 0.15) is 93.7 Å². The highest BCUT2D eigenvalue weighted by Gasteiger charge is 2.46. The molecule has 0 N–H and O–H groups in total. The monoisotopic (exact) mass is 458 g/mol. The second-order valence-electron chi connectivity index (χ2n) is 7.32. The molecule has 4 rings (SSSR count). The number of hydrogen-bond donors (Lipinski definition) is 0. The molecule has 0 fully saturated rings. The fourth-order valence-electron chi connectivity index (χ4n) is 4.65. The Labute approximate surface area is 212 Å². The molecule has 2 aliphatic rings. The molecule has 0 saturated heterocycles. The second kappa shape index (κ2) is 16.9. The highest BCUT2D eigenvalue weighted by molar-refractivity contribution is 5.87. The summed E-state index contributed by atoms with van der Waals surface area (Å²) in [7, 11) is 0. The molecule has 0 radical (unpaired) electrons. The van der Waals surface area contributed by atoms with Gasteiger partial charge in [0.25, 0.3) is 0 Å². The van der Waals surface area contributed by atoms with E-state index >= 15 is 0 Å². The SMILES string of the molecule is C/C=C\C(=C/C)C1(C2=CCC(C)C=C2)c2ccccc2-c2ccccc21.CC.CC.CC.CC. The summed E-state index contributed by atoms with van der Waals surface area (Å²) in [6.45, 7) is 22.6. The number of benzene rings is 2. The Morgan fingerprint density at radius 1 is 0.765 bits per heavy atom. The first-order valence-corrected chi connectivity index (χ1v) is 13.6. The molecule has 0 saturated carbocycles. The van der Waals surface area contributed by atoms with E-state index in [1.807, 2.05) is 55.4 Å². The Bertz CT molecular complexity index is 904. The van der Waals surface area contributed by atoms with Crippen LogP contribution in [0.15, 0.2) is 96.1 Å². The molecule has 34 heavy (non-hydrogen) atoms. The molecule has 0 heterocycles. The van der Waals surface area contributed by atoms with E-state index in [2.05, 4.69) is 106 Å². The number of allylic oxidation sites excluding steroid dienone is 8. The molecule has 186 valence electrons. The van der Waals surface area contributed by atoms with Crippen LogP contribution in [0.3, 0.4) is 0 Å². The van der Waals surface area contributed by atoms with Crippen molar-refractivity contribution in [1.29, 1.82) is 0 Å². The second-order valence-corrected chi connectivity index (χ2v) is 7.32. The maximum absolute atomic E-state index is 2.45. The number of hydrogen-bond acceptors (Lipinski definition) is 0. The van der Waals surface area contributed by atoms with Crippen LogP contribution >= 0.6 is 0 Å². The van der Waals surface area contributed by atoms with Crippen molar-refractivity contribution < 1.29 is 0 Å². The molecule has 0 aromatic heterocycles. The summed E-state index contributed by atoms with van der Waals surface area (Å²) in [4.78, 5) is 0. The Morgan fingerprint density at radius 2 is 1.24 bits per heavy atom. The highest BCUT2D eigenvalue weighted by atomic mass is 14.5. The Hall–Kier alpha value is -2.60. The van der Waals surface area contributed by atoms with Crippen molar-refractivity contribution in [3.8, 4) is 11.1 Å². The van der Waals surface area contributed by atoms with Crippen molar-refractivity contribution >= 4 is 0 Å². The quantitative estimate of drug-likeness (QED) is 0.401. The van der Waals surface area contributed by atoms with Crippen LogP contribution in [-0.4, -0.2) is 0 Å². The largest absolute Gasteiger partial charge is 0.0873 e. The van der Waals surface area contributed by atoms with Crippen molar-refractivity contribution in [1.82, 2.24) is 0 Å². The van der Waals surface area contributed by atoms with Crippen molar-refractivity contribution in [2.24, 2.45) is 5.92 Å². The molecule has 2 aliphatic carbocycles. The maximum atomic E-state index is 2.45. The van der Waals surface area contributed by atoms with Crippen molar-refractivity contribution in [2.45, 2.75) is 88.0 Å². The lowest BCUT2D eigenvalue weighted by Crippen LogP contribution is -2.30. The van der Waals surface area contributed by atoms with E-state index in [1.54, 1.807) is 0 Å². The van der Waals surface area contributed by atoms with Crippen molar-refractivity contribution in [3.63, 3.8) is 0 Å². The minimum atomic E-state index is -0.217. The lowest BCUT2D eigenvalue weighted by molar-refractivity contribution is 0.690. The summed E-state index contributed by atoms with van der Waals surface area (Å²) in [5.41, 5.74) is 8.06. The van der Waals surface area contributed by atoms with Crippen molar-refractivity contribution in [3.05, 3.63) is 107 Å². The van der Waals surface area contributed by atoms with Gasteiger partial charge in [0.05, 0.1) is 5.41 Å². The standard InChI is InChI=1S/C26H26.4C2H6/c1-4-10-20(5-2)26(21-17-15-19(3)16-18-21)24-13-8-6-11-22(24)23-12-7-9-14-25(23)26;4*1-2/h4-15,17-19H,16H2,1-3H3;4*1-2H3/b10-4-,20-5+;;;;. The van der Waals surface area contributed by atoms with Crippen LogP contribution in [0, 0.1) is 5.92 Å². The third-order valence-electron chi connectivity index (χ3n) is 5.79. The molecule has 2 aromatic rings. The fourth-order valence-corrected chi connectivity index (χ4v) is 4.65. The van der Waals surface area contributed by atoms with Gasteiger partial charge in [-0.25, -0.2) is 0 Å². The van der Waals surface area contributed by atoms with Gasteiger partial charge in [0.2, 0.25) is 0 Å². The smallest absolute Gasteiger partial charge is 0.0707 e. The summed E-state index contributed by atoms with van der Waals surface area (Å²) in [5, 5.41) is 0. The summed E-state index contributed by atoms with van der Waals surface area (Å²) in [5.74, 6) is 0.610. The summed E-state index contributed by atoms with van der Waals surface area (Å²) >= 11 is 0. The summed E-state index contributed by atoms with van der Waals surface area (Å²) in [6, 6.07) is 17.8. The Morgan fingerprint density at radius 3 is 1.62 bits per heavy atom. The first-order chi connectivity index (χ1) is 16.7. The van der Waals surface area contributed by atoms with E-state index in [-0.39, 0.29) is 5.41 Å². The molecular formula is C34H50. The van der Waals surface area contributed by atoms with Gasteiger partial charge in [0, 0.05) is 0 Å². The van der Waals surface area contributed by atoms with Gasteiger partial charge in [-0.1, -0.05) is 147 Å². The first-order valence-electron chi connectivity index (χ1n) is 13.6. The van der Waals surface area contributed by atoms with E-state index in [0.29, 0.717) is 5.92 Å². The minimum absolute atomic E-state index is 0.217. The molecule has 0 bridgehead atoms. The minimum Gasteiger partial charge on any atom is -0.0873 e. The maximum Gasteiger partial charge on any atom is 0.0707 e. The molecule has 0 heteroatoms. The fraction of sp³-hybridized carbons (Fsp3) is 0.412. The molecule has 0 spiro atoms. The van der Waals surface area contributed by atoms with E-state index in [1.165, 1.54) is 33.4 Å². The average Bonchev–Trinajstić information content (AvgIpc) is 3.23. The van der Waals surface area contributed by atoms with Gasteiger partial charge >= 0.3 is 0 Å². The topological polar surface area (TPSA) is 0 Å². The number of fused-ring (bicyclic) bond motifs is 3. The zero-order valence-corrected chi connectivity index (χ0v) is 23.9. The summed E-state index contributed by atoms with van der Waals surface area (Å²) in [6.07, 6.45) is 15.0. The van der Waals surface area contributed by atoms with E-state index < -0.39 is 0 Å². The molecule has 1 atom stereocenters. The zero-order chi connectivity index (χ0) is 26.1. The molecule has 2 aromatic carbocycles. The zero-order valence-electron chi connectivity index (χ0n) is 23.9. The molecular weight excluding hydrogens is 408 g/mol. The molecule has 1 unspecified atom stereocenters. The highest BCUT2D eigenvalue weighted by Crippen LogP contribution is 2.57. The Kier molecular flexibility index (Phi) is 15.6. The number of rotatable bonds is 3. The van der Waals surface area contributed by atoms with Gasteiger partial charge in [0.1, 0.15) is 0 Å². The van der Waals surface area contributed by atoms with Crippen molar-refractivity contribution in [2.75, 3.05) is 0 Å². The van der Waals surface area contributed by atoms with Crippen LogP contribution in [0.2, 0.25) is 0 Å². The molecule has 0 aliphatic heterocycles. The average molecular weight is 459 g/mol. The van der Waals surface area contributed by atoms with Gasteiger partial charge in [-0.2, -0.15) is 0 Å². The van der Waals surface area contributed by atoms with Crippen LogP contribution in [-0.2, 0) is 5.41 Å². The van der Waals surface area contributed by atoms with E-state index in [0.717, 1.165) is 6.42 Å². The predicted molar refractivity (Wildman–Crippen MR) is 158 cm³/mol. The third-order valence-corrected chi connectivity index (χ3v) is 5.79. The van der Waals surface area contributed by atoms with Crippen LogP contribution in [0.25, 0.3) is 11.1 Å². The van der Waals surface area contributed by atoms with Gasteiger partial charge in [-0.3, -0.25) is 0 Å². The van der Waals surface area contributed by atoms with E-state index in [4.69, 9.17) is 0 Å².